The standard InChI is InChI=1S/C7H4Cl2F2IN/c8-1-3-5(9)4(6(10)11)2-13-7(3)12/h2,6H,1H2. The van der Waals surface area contributed by atoms with Gasteiger partial charge in [0.15, 0.2) is 0 Å². The third kappa shape index (κ3) is 2.41. The molecule has 0 aliphatic heterocycles. The van der Waals surface area contributed by atoms with Gasteiger partial charge in [0, 0.05) is 11.8 Å². The Balaban J connectivity index is 3.27. The van der Waals surface area contributed by atoms with Gasteiger partial charge in [-0.25, -0.2) is 13.8 Å². The Morgan fingerprint density at radius 2 is 2.15 bits per heavy atom. The van der Waals surface area contributed by atoms with Crippen LogP contribution in [0.1, 0.15) is 17.6 Å². The number of rotatable bonds is 2. The fourth-order valence-electron chi connectivity index (χ4n) is 0.792. The van der Waals surface area contributed by atoms with E-state index in [1.807, 2.05) is 22.6 Å². The molecule has 0 bridgehead atoms. The molecule has 0 spiro atoms. The van der Waals surface area contributed by atoms with Gasteiger partial charge >= 0.3 is 0 Å². The monoisotopic (exact) mass is 337 g/mol. The van der Waals surface area contributed by atoms with Crippen LogP contribution in [0.3, 0.4) is 0 Å². The molecule has 0 saturated carbocycles. The molecule has 6 heteroatoms. The van der Waals surface area contributed by atoms with Crippen molar-refractivity contribution in [2.24, 2.45) is 0 Å². The van der Waals surface area contributed by atoms with Crippen molar-refractivity contribution in [3.63, 3.8) is 0 Å². The van der Waals surface area contributed by atoms with Gasteiger partial charge in [-0.05, 0) is 22.6 Å². The van der Waals surface area contributed by atoms with Crippen LogP contribution in [0.25, 0.3) is 0 Å². The second-order valence-corrected chi connectivity index (χ2v) is 3.90. The Bertz CT molecular complexity index is 320. The van der Waals surface area contributed by atoms with E-state index in [9.17, 15) is 8.78 Å². The Kier molecular flexibility index (Phi) is 4.12. The molecule has 1 heterocycles. The molecule has 1 rings (SSSR count). The summed E-state index contributed by atoms with van der Waals surface area (Å²) in [5.41, 5.74) is 0.194. The van der Waals surface area contributed by atoms with Crippen LogP contribution in [0.5, 0.6) is 0 Å². The average molecular weight is 338 g/mol. The molecule has 1 aromatic heterocycles. The van der Waals surface area contributed by atoms with Gasteiger partial charge < -0.3 is 0 Å². The summed E-state index contributed by atoms with van der Waals surface area (Å²) in [6.07, 6.45) is -1.54. The largest absolute Gasteiger partial charge is 0.266 e. The summed E-state index contributed by atoms with van der Waals surface area (Å²) in [4.78, 5) is 3.77. The lowest BCUT2D eigenvalue weighted by Gasteiger charge is -2.07. The summed E-state index contributed by atoms with van der Waals surface area (Å²) in [6.45, 7) is 0. The molecule has 0 unspecified atom stereocenters. The smallest absolute Gasteiger partial charge is 0.249 e. The molecule has 0 atom stereocenters. The summed E-state index contributed by atoms with van der Waals surface area (Å²) in [7, 11) is 0. The molecule has 0 aliphatic rings. The van der Waals surface area contributed by atoms with Crippen LogP contribution >= 0.6 is 45.8 Å². The van der Waals surface area contributed by atoms with E-state index in [0.717, 1.165) is 6.20 Å². The summed E-state index contributed by atoms with van der Waals surface area (Å²) in [6, 6.07) is 0. The second kappa shape index (κ2) is 4.70. The van der Waals surface area contributed by atoms with E-state index < -0.39 is 6.43 Å². The normalized spacial score (nSPS) is 10.9. The number of hydrogen-bond acceptors (Lipinski definition) is 1. The number of nitrogens with zero attached hydrogens (tertiary/aromatic N) is 1. The van der Waals surface area contributed by atoms with Crippen molar-refractivity contribution in [2.45, 2.75) is 12.3 Å². The van der Waals surface area contributed by atoms with Crippen molar-refractivity contribution in [3.8, 4) is 0 Å². The van der Waals surface area contributed by atoms with Crippen LogP contribution in [0.4, 0.5) is 8.78 Å². The zero-order chi connectivity index (χ0) is 10.0. The topological polar surface area (TPSA) is 12.9 Å². The molecule has 1 nitrogen and oxygen atoms in total. The number of halogens is 5. The maximum Gasteiger partial charge on any atom is 0.266 e. The summed E-state index contributed by atoms with van der Waals surface area (Å²) in [5, 5.41) is 0.0180. The van der Waals surface area contributed by atoms with E-state index in [1.165, 1.54) is 0 Å². The lowest BCUT2D eigenvalue weighted by atomic mass is 10.2. The van der Waals surface area contributed by atoms with Gasteiger partial charge in [-0.2, -0.15) is 0 Å². The Morgan fingerprint density at radius 1 is 1.54 bits per heavy atom. The highest BCUT2D eigenvalue weighted by Crippen LogP contribution is 2.31. The summed E-state index contributed by atoms with van der Waals surface area (Å²) in [5.74, 6) is 0.0880. The first-order valence-corrected chi connectivity index (χ1v) is 5.24. The molecule has 72 valence electrons. The predicted octanol–water partition coefficient (Wildman–Crippen LogP) is 4.02. The van der Waals surface area contributed by atoms with Crippen LogP contribution in [-0.4, -0.2) is 4.98 Å². The van der Waals surface area contributed by atoms with Crippen molar-refractivity contribution in [1.29, 1.82) is 0 Å². The van der Waals surface area contributed by atoms with Gasteiger partial charge in [0.25, 0.3) is 6.43 Å². The maximum atomic E-state index is 12.3. The number of aromatic nitrogens is 1. The SMILES string of the molecule is FC(F)c1cnc(I)c(CCl)c1Cl. The minimum atomic E-state index is -2.61. The first-order valence-electron chi connectivity index (χ1n) is 3.24. The lowest BCUT2D eigenvalue weighted by molar-refractivity contribution is 0.151. The van der Waals surface area contributed by atoms with Gasteiger partial charge in [-0.15, -0.1) is 11.6 Å². The van der Waals surface area contributed by atoms with E-state index in [0.29, 0.717) is 9.26 Å². The Morgan fingerprint density at radius 3 is 2.62 bits per heavy atom. The molecule has 0 fully saturated rings. The van der Waals surface area contributed by atoms with Crippen LogP contribution in [0.15, 0.2) is 6.20 Å². The van der Waals surface area contributed by atoms with E-state index >= 15 is 0 Å². The molecule has 0 saturated heterocycles. The van der Waals surface area contributed by atoms with Gasteiger partial charge in [-0.1, -0.05) is 11.6 Å². The highest BCUT2D eigenvalue weighted by Gasteiger charge is 2.17. The quantitative estimate of drug-likeness (QED) is 0.451. The molecular formula is C7H4Cl2F2IN. The number of pyridine rings is 1. The molecular weight excluding hydrogens is 334 g/mol. The number of hydrogen-bond donors (Lipinski definition) is 0. The zero-order valence-electron chi connectivity index (χ0n) is 6.20. The molecule has 0 aromatic carbocycles. The van der Waals surface area contributed by atoms with Crippen LogP contribution in [-0.2, 0) is 5.88 Å². The van der Waals surface area contributed by atoms with Crippen molar-refractivity contribution in [1.82, 2.24) is 4.98 Å². The summed E-state index contributed by atoms with van der Waals surface area (Å²) >= 11 is 13.1. The molecule has 0 amide bonds. The maximum absolute atomic E-state index is 12.3. The van der Waals surface area contributed by atoms with Crippen molar-refractivity contribution in [3.05, 3.63) is 26.0 Å². The number of alkyl halides is 3. The minimum absolute atomic E-state index is 0.0180. The Hall–Kier alpha value is 0.320. The molecule has 0 radical (unpaired) electrons. The van der Waals surface area contributed by atoms with Crippen LogP contribution < -0.4 is 0 Å². The Labute approximate surface area is 97.6 Å². The molecule has 13 heavy (non-hydrogen) atoms. The minimum Gasteiger partial charge on any atom is -0.249 e. The first-order chi connectivity index (χ1) is 6.07. The van der Waals surface area contributed by atoms with Crippen molar-refractivity contribution in [2.75, 3.05) is 0 Å². The second-order valence-electron chi connectivity index (χ2n) is 2.23. The van der Waals surface area contributed by atoms with Crippen molar-refractivity contribution >= 4 is 45.8 Å². The van der Waals surface area contributed by atoms with Crippen LogP contribution in [0.2, 0.25) is 5.02 Å². The fraction of sp³-hybridized carbons (Fsp3) is 0.286. The van der Waals surface area contributed by atoms with Gasteiger partial charge in [0.05, 0.1) is 16.5 Å². The van der Waals surface area contributed by atoms with E-state index in [1.54, 1.807) is 0 Å². The third-order valence-corrected chi connectivity index (χ3v) is 3.10. The van der Waals surface area contributed by atoms with Gasteiger partial charge in [-0.3, -0.25) is 0 Å². The van der Waals surface area contributed by atoms with Crippen molar-refractivity contribution < 1.29 is 8.78 Å². The molecule has 0 aliphatic carbocycles. The van der Waals surface area contributed by atoms with Gasteiger partial charge in [0.2, 0.25) is 0 Å². The highest BCUT2D eigenvalue weighted by molar-refractivity contribution is 14.1. The van der Waals surface area contributed by atoms with Crippen LogP contribution in [0, 0.1) is 3.70 Å². The lowest BCUT2D eigenvalue weighted by Crippen LogP contribution is -1.97. The van der Waals surface area contributed by atoms with E-state index in [-0.39, 0.29) is 16.5 Å². The van der Waals surface area contributed by atoms with Gasteiger partial charge in [0.1, 0.15) is 3.70 Å². The zero-order valence-corrected chi connectivity index (χ0v) is 9.87. The summed E-state index contributed by atoms with van der Waals surface area (Å²) < 4.78 is 25.2. The molecule has 0 N–H and O–H groups in total. The van der Waals surface area contributed by atoms with E-state index in [2.05, 4.69) is 4.98 Å². The third-order valence-electron chi connectivity index (χ3n) is 1.45. The predicted molar refractivity (Wildman–Crippen MR) is 56.5 cm³/mol. The van der Waals surface area contributed by atoms with E-state index in [4.69, 9.17) is 23.2 Å². The highest BCUT2D eigenvalue weighted by atomic mass is 127. The first kappa shape index (κ1) is 11.4. The fourth-order valence-corrected chi connectivity index (χ4v) is 2.39. The average Bonchev–Trinajstić information content (AvgIpc) is 2.04. The molecule has 1 aromatic rings.